The third-order valence-corrected chi connectivity index (χ3v) is 4.17. The van der Waals surface area contributed by atoms with E-state index in [1.807, 2.05) is 54.6 Å². The first-order valence-corrected chi connectivity index (χ1v) is 8.02. The molecule has 116 valence electrons. The van der Waals surface area contributed by atoms with Crippen LogP contribution in [0.1, 0.15) is 12.0 Å². The molecule has 0 fully saturated rings. The second-order valence-electron chi connectivity index (χ2n) is 5.17. The molecule has 3 aromatic carbocycles. The van der Waals surface area contributed by atoms with Crippen molar-refractivity contribution < 1.29 is 9.53 Å². The number of carbonyl (C=O) groups excluding carboxylic acids is 1. The molecule has 4 heteroatoms. The standard InChI is InChI=1S/C19H14Cl2O2/c20-16-12-17(21)19(15-9-5-4-8-14(15)16)23-18(22)11-10-13-6-2-1-3-7-13/h1-9,12H,10-11H2. The van der Waals surface area contributed by atoms with Crippen molar-refractivity contribution in [3.05, 3.63) is 76.3 Å². The van der Waals surface area contributed by atoms with Crippen LogP contribution in [0.2, 0.25) is 10.0 Å². The SMILES string of the molecule is O=C(CCc1ccccc1)Oc1c(Cl)cc(Cl)c2ccccc12. The van der Waals surface area contributed by atoms with Crippen LogP contribution in [0.25, 0.3) is 10.8 Å². The molecule has 0 unspecified atom stereocenters. The van der Waals surface area contributed by atoms with E-state index in [1.54, 1.807) is 6.07 Å². The Morgan fingerprint density at radius 2 is 1.52 bits per heavy atom. The fourth-order valence-corrected chi connectivity index (χ4v) is 3.01. The highest BCUT2D eigenvalue weighted by molar-refractivity contribution is 6.40. The van der Waals surface area contributed by atoms with Crippen molar-refractivity contribution in [2.45, 2.75) is 12.8 Å². The Morgan fingerprint density at radius 1 is 0.870 bits per heavy atom. The second-order valence-corrected chi connectivity index (χ2v) is 5.99. The first-order valence-electron chi connectivity index (χ1n) is 7.26. The molecular formula is C19H14Cl2O2. The zero-order chi connectivity index (χ0) is 16.2. The summed E-state index contributed by atoms with van der Waals surface area (Å²) in [6, 6.07) is 18.9. The van der Waals surface area contributed by atoms with Crippen LogP contribution < -0.4 is 4.74 Å². The molecule has 0 saturated heterocycles. The maximum atomic E-state index is 12.2. The summed E-state index contributed by atoms with van der Waals surface area (Å²) >= 11 is 12.4. The van der Waals surface area contributed by atoms with Crippen molar-refractivity contribution >= 4 is 39.9 Å². The molecule has 0 bridgehead atoms. The van der Waals surface area contributed by atoms with E-state index in [-0.39, 0.29) is 12.4 Å². The quantitative estimate of drug-likeness (QED) is 0.449. The number of benzene rings is 3. The summed E-state index contributed by atoms with van der Waals surface area (Å²) in [6.45, 7) is 0. The number of esters is 1. The molecule has 0 radical (unpaired) electrons. The number of fused-ring (bicyclic) bond motifs is 1. The minimum Gasteiger partial charge on any atom is -0.424 e. The van der Waals surface area contributed by atoms with Gasteiger partial charge in [-0.15, -0.1) is 0 Å². The first-order chi connectivity index (χ1) is 11.1. The zero-order valence-corrected chi connectivity index (χ0v) is 13.8. The molecule has 0 spiro atoms. The molecule has 2 nitrogen and oxygen atoms in total. The zero-order valence-electron chi connectivity index (χ0n) is 12.3. The van der Waals surface area contributed by atoms with Crippen molar-refractivity contribution in [1.82, 2.24) is 0 Å². The van der Waals surface area contributed by atoms with Crippen molar-refractivity contribution in [2.75, 3.05) is 0 Å². The number of hydrogen-bond acceptors (Lipinski definition) is 2. The van der Waals surface area contributed by atoms with Gasteiger partial charge in [0.05, 0.1) is 10.0 Å². The van der Waals surface area contributed by atoms with Gasteiger partial charge in [0, 0.05) is 17.2 Å². The lowest BCUT2D eigenvalue weighted by molar-refractivity contribution is -0.134. The highest BCUT2D eigenvalue weighted by Gasteiger charge is 2.14. The second kappa shape index (κ2) is 7.03. The monoisotopic (exact) mass is 344 g/mol. The summed E-state index contributed by atoms with van der Waals surface area (Å²) < 4.78 is 5.51. The molecule has 0 aliphatic heterocycles. The minimum atomic E-state index is -0.316. The molecular weight excluding hydrogens is 331 g/mol. The van der Waals surface area contributed by atoms with E-state index >= 15 is 0 Å². The summed E-state index contributed by atoms with van der Waals surface area (Å²) in [6.07, 6.45) is 0.917. The Balaban J connectivity index is 1.80. The third kappa shape index (κ3) is 3.66. The normalized spacial score (nSPS) is 10.7. The van der Waals surface area contributed by atoms with E-state index in [0.717, 1.165) is 16.3 Å². The van der Waals surface area contributed by atoms with E-state index in [4.69, 9.17) is 27.9 Å². The lowest BCUT2D eigenvalue weighted by Gasteiger charge is -2.11. The average Bonchev–Trinajstić information content (AvgIpc) is 2.58. The number of hydrogen-bond donors (Lipinski definition) is 0. The summed E-state index contributed by atoms with van der Waals surface area (Å²) in [4.78, 5) is 12.2. The molecule has 0 aliphatic rings. The lowest BCUT2D eigenvalue weighted by Crippen LogP contribution is -2.09. The number of halogens is 2. The summed E-state index contributed by atoms with van der Waals surface area (Å²) in [5.41, 5.74) is 1.09. The molecule has 0 N–H and O–H groups in total. The van der Waals surface area contributed by atoms with Crippen LogP contribution in [0.15, 0.2) is 60.7 Å². The smallest absolute Gasteiger partial charge is 0.311 e. The van der Waals surface area contributed by atoms with Gasteiger partial charge in [-0.25, -0.2) is 0 Å². The summed E-state index contributed by atoms with van der Waals surface area (Å²) in [7, 11) is 0. The molecule has 0 atom stereocenters. The maximum absolute atomic E-state index is 12.2. The maximum Gasteiger partial charge on any atom is 0.311 e. The van der Waals surface area contributed by atoms with Crippen LogP contribution in [0.5, 0.6) is 5.75 Å². The largest absolute Gasteiger partial charge is 0.424 e. The van der Waals surface area contributed by atoms with Gasteiger partial charge in [0.1, 0.15) is 0 Å². The molecule has 3 rings (SSSR count). The van der Waals surface area contributed by atoms with Crippen molar-refractivity contribution in [2.24, 2.45) is 0 Å². The van der Waals surface area contributed by atoms with Crippen LogP contribution in [0, 0.1) is 0 Å². The molecule has 0 amide bonds. The highest BCUT2D eigenvalue weighted by atomic mass is 35.5. The van der Waals surface area contributed by atoms with Crippen molar-refractivity contribution in [1.29, 1.82) is 0 Å². The van der Waals surface area contributed by atoms with Crippen LogP contribution >= 0.6 is 23.2 Å². The van der Waals surface area contributed by atoms with Crippen LogP contribution in [-0.2, 0) is 11.2 Å². The summed E-state index contributed by atoms with van der Waals surface area (Å²) in [5, 5.41) is 2.42. The lowest BCUT2D eigenvalue weighted by atomic mass is 10.1. The summed E-state index contributed by atoms with van der Waals surface area (Å²) in [5.74, 6) is 0.0490. The van der Waals surface area contributed by atoms with E-state index < -0.39 is 0 Å². The van der Waals surface area contributed by atoms with E-state index in [1.165, 1.54) is 0 Å². The fraction of sp³-hybridized carbons (Fsp3) is 0.105. The predicted molar refractivity (Wildman–Crippen MR) is 94.4 cm³/mol. The van der Waals surface area contributed by atoms with Crippen LogP contribution in [0.3, 0.4) is 0 Å². The van der Waals surface area contributed by atoms with Gasteiger partial charge in [-0.2, -0.15) is 0 Å². The molecule has 3 aromatic rings. The number of carbonyl (C=O) groups is 1. The number of ether oxygens (including phenoxy) is 1. The minimum absolute atomic E-state index is 0.289. The van der Waals surface area contributed by atoms with Gasteiger partial charge in [0.25, 0.3) is 0 Å². The Hall–Kier alpha value is -2.03. The Kier molecular flexibility index (Phi) is 4.85. The van der Waals surface area contributed by atoms with Gasteiger partial charge >= 0.3 is 5.97 Å². The van der Waals surface area contributed by atoms with Gasteiger partial charge in [-0.3, -0.25) is 4.79 Å². The Bertz CT molecular complexity index is 845. The van der Waals surface area contributed by atoms with Gasteiger partial charge in [-0.05, 0) is 18.1 Å². The van der Waals surface area contributed by atoms with E-state index in [9.17, 15) is 4.79 Å². The topological polar surface area (TPSA) is 26.3 Å². The third-order valence-electron chi connectivity index (χ3n) is 3.58. The van der Waals surface area contributed by atoms with Crippen LogP contribution in [-0.4, -0.2) is 5.97 Å². The van der Waals surface area contributed by atoms with E-state index in [0.29, 0.717) is 22.2 Å². The van der Waals surface area contributed by atoms with Gasteiger partial charge in [-0.1, -0.05) is 77.8 Å². The number of aryl methyl sites for hydroxylation is 1. The van der Waals surface area contributed by atoms with Gasteiger partial charge < -0.3 is 4.74 Å². The predicted octanol–water partition coefficient (Wildman–Crippen LogP) is 5.68. The average molecular weight is 345 g/mol. The number of rotatable bonds is 4. The fourth-order valence-electron chi connectivity index (χ4n) is 2.43. The molecule has 0 heterocycles. The molecule has 0 aromatic heterocycles. The molecule has 0 aliphatic carbocycles. The molecule has 0 saturated carbocycles. The highest BCUT2D eigenvalue weighted by Crippen LogP contribution is 2.38. The van der Waals surface area contributed by atoms with Crippen molar-refractivity contribution in [3.63, 3.8) is 0 Å². The van der Waals surface area contributed by atoms with E-state index in [2.05, 4.69) is 0 Å². The van der Waals surface area contributed by atoms with Crippen molar-refractivity contribution in [3.8, 4) is 5.75 Å². The molecule has 23 heavy (non-hydrogen) atoms. The van der Waals surface area contributed by atoms with Crippen LogP contribution in [0.4, 0.5) is 0 Å². The Morgan fingerprint density at radius 3 is 2.26 bits per heavy atom. The first kappa shape index (κ1) is 15.9. The van der Waals surface area contributed by atoms with Gasteiger partial charge in [0.15, 0.2) is 5.75 Å². The van der Waals surface area contributed by atoms with Gasteiger partial charge in [0.2, 0.25) is 0 Å². The Labute approximate surface area is 144 Å².